The zero-order valence-electron chi connectivity index (χ0n) is 11.2. The number of rotatable bonds is 3. The number of halogens is 1. The molecule has 0 saturated carbocycles. The van der Waals surface area contributed by atoms with Gasteiger partial charge in [-0.3, -0.25) is 4.68 Å². The molecule has 1 unspecified atom stereocenters. The van der Waals surface area contributed by atoms with Crippen molar-refractivity contribution in [2.75, 3.05) is 6.61 Å². The van der Waals surface area contributed by atoms with Crippen LogP contribution in [0.4, 0.5) is 4.39 Å². The summed E-state index contributed by atoms with van der Waals surface area (Å²) in [7, 11) is 0. The first-order valence-electron chi connectivity index (χ1n) is 6.93. The summed E-state index contributed by atoms with van der Waals surface area (Å²) in [4.78, 5) is 0. The maximum Gasteiger partial charge on any atom is 0.132 e. The minimum Gasteiger partial charge on any atom is -0.394 e. The van der Waals surface area contributed by atoms with Crippen molar-refractivity contribution in [3.63, 3.8) is 0 Å². The van der Waals surface area contributed by atoms with Crippen molar-refractivity contribution in [2.45, 2.75) is 31.8 Å². The Morgan fingerprint density at radius 1 is 1.40 bits per heavy atom. The van der Waals surface area contributed by atoms with Crippen LogP contribution in [0.15, 0.2) is 24.3 Å². The molecule has 0 fully saturated rings. The molecule has 2 aromatic rings. The molecular formula is C15H18FN3O. The average molecular weight is 275 g/mol. The van der Waals surface area contributed by atoms with Gasteiger partial charge in [0.05, 0.1) is 13.2 Å². The Morgan fingerprint density at radius 2 is 2.20 bits per heavy atom. The number of hydrogen-bond acceptors (Lipinski definition) is 3. The molecule has 1 aliphatic rings. The van der Waals surface area contributed by atoms with Gasteiger partial charge in [0.25, 0.3) is 0 Å². The van der Waals surface area contributed by atoms with Gasteiger partial charge in [0.1, 0.15) is 11.5 Å². The van der Waals surface area contributed by atoms with Gasteiger partial charge in [0.2, 0.25) is 0 Å². The van der Waals surface area contributed by atoms with Gasteiger partial charge in [0.15, 0.2) is 0 Å². The van der Waals surface area contributed by atoms with E-state index in [2.05, 4.69) is 5.10 Å². The van der Waals surface area contributed by atoms with E-state index in [0.29, 0.717) is 17.8 Å². The zero-order valence-corrected chi connectivity index (χ0v) is 11.2. The fourth-order valence-corrected chi connectivity index (χ4v) is 2.93. The molecule has 1 aromatic heterocycles. The minimum atomic E-state index is -0.290. The molecule has 0 amide bonds. The van der Waals surface area contributed by atoms with Crippen LogP contribution in [0.25, 0.3) is 11.3 Å². The van der Waals surface area contributed by atoms with Gasteiger partial charge in [0, 0.05) is 22.9 Å². The quantitative estimate of drug-likeness (QED) is 0.900. The topological polar surface area (TPSA) is 64.1 Å². The van der Waals surface area contributed by atoms with Gasteiger partial charge in [-0.1, -0.05) is 12.1 Å². The number of hydrogen-bond donors (Lipinski definition) is 2. The number of aliphatic hydroxyl groups excluding tert-OH is 1. The predicted molar refractivity (Wildman–Crippen MR) is 74.6 cm³/mol. The van der Waals surface area contributed by atoms with Crippen molar-refractivity contribution < 1.29 is 9.50 Å². The van der Waals surface area contributed by atoms with E-state index in [1.807, 2.05) is 0 Å². The van der Waals surface area contributed by atoms with Gasteiger partial charge in [-0.25, -0.2) is 4.39 Å². The number of nitrogens with zero attached hydrogens (tertiary/aromatic N) is 2. The van der Waals surface area contributed by atoms with Crippen LogP contribution in [-0.4, -0.2) is 21.5 Å². The highest BCUT2D eigenvalue weighted by molar-refractivity contribution is 5.66. The molecule has 1 atom stereocenters. The van der Waals surface area contributed by atoms with E-state index >= 15 is 0 Å². The van der Waals surface area contributed by atoms with Crippen molar-refractivity contribution in [1.29, 1.82) is 0 Å². The molecule has 1 aliphatic carbocycles. The molecule has 5 heteroatoms. The monoisotopic (exact) mass is 275 g/mol. The number of nitrogens with two attached hydrogens (primary N) is 1. The van der Waals surface area contributed by atoms with Crippen LogP contribution >= 0.6 is 0 Å². The van der Waals surface area contributed by atoms with E-state index in [-0.39, 0.29) is 18.5 Å². The molecule has 0 saturated heterocycles. The summed E-state index contributed by atoms with van der Waals surface area (Å²) in [6.45, 7) is 0.434. The van der Waals surface area contributed by atoms with Crippen molar-refractivity contribution >= 4 is 0 Å². The van der Waals surface area contributed by atoms with Crippen molar-refractivity contribution in [1.82, 2.24) is 9.78 Å². The summed E-state index contributed by atoms with van der Waals surface area (Å²) >= 11 is 0. The highest BCUT2D eigenvalue weighted by Crippen LogP contribution is 2.36. The second kappa shape index (κ2) is 5.34. The largest absolute Gasteiger partial charge is 0.394 e. The van der Waals surface area contributed by atoms with Gasteiger partial charge in [-0.15, -0.1) is 0 Å². The van der Waals surface area contributed by atoms with Crippen molar-refractivity contribution in [2.24, 2.45) is 5.73 Å². The molecule has 3 rings (SSSR count). The van der Waals surface area contributed by atoms with Crippen LogP contribution in [0.3, 0.4) is 0 Å². The average Bonchev–Trinajstić information content (AvgIpc) is 2.80. The van der Waals surface area contributed by atoms with E-state index < -0.39 is 0 Å². The number of aliphatic hydroxyl groups is 1. The molecule has 0 aliphatic heterocycles. The number of aromatic nitrogens is 2. The summed E-state index contributed by atoms with van der Waals surface area (Å²) in [6, 6.07) is 6.50. The molecule has 4 nitrogen and oxygen atoms in total. The lowest BCUT2D eigenvalue weighted by molar-refractivity contribution is 0.266. The number of benzene rings is 1. The van der Waals surface area contributed by atoms with E-state index in [0.717, 1.165) is 30.5 Å². The Labute approximate surface area is 117 Å². The summed E-state index contributed by atoms with van der Waals surface area (Å²) in [5.74, 6) is -0.290. The first kappa shape index (κ1) is 13.3. The third-order valence-corrected chi connectivity index (χ3v) is 3.84. The highest BCUT2D eigenvalue weighted by Gasteiger charge is 2.27. The fraction of sp³-hybridized carbons (Fsp3) is 0.400. The minimum absolute atomic E-state index is 0.0140. The standard InChI is InChI=1S/C15H18FN3O/c16-11-5-2-1-4-10(11)15-14-12(17)6-3-7-13(14)19(18-15)8-9-20/h1-2,4-5,12,20H,3,6-9,17H2. The van der Waals surface area contributed by atoms with E-state index in [9.17, 15) is 4.39 Å². The molecule has 0 radical (unpaired) electrons. The predicted octanol–water partition coefficient (Wildman–Crippen LogP) is 2.02. The van der Waals surface area contributed by atoms with Crippen LogP contribution in [0.1, 0.15) is 30.1 Å². The fourth-order valence-electron chi connectivity index (χ4n) is 2.93. The maximum absolute atomic E-state index is 14.0. The lowest BCUT2D eigenvalue weighted by Gasteiger charge is -2.20. The lowest BCUT2D eigenvalue weighted by Crippen LogP contribution is -2.19. The summed E-state index contributed by atoms with van der Waals surface area (Å²) < 4.78 is 15.8. The summed E-state index contributed by atoms with van der Waals surface area (Å²) in [5, 5.41) is 13.7. The zero-order chi connectivity index (χ0) is 14.1. The van der Waals surface area contributed by atoms with Crippen LogP contribution in [-0.2, 0) is 13.0 Å². The SMILES string of the molecule is NC1CCCc2c1c(-c1ccccc1F)nn2CCO. The molecule has 1 heterocycles. The van der Waals surface area contributed by atoms with Gasteiger partial charge >= 0.3 is 0 Å². The second-order valence-corrected chi connectivity index (χ2v) is 5.13. The van der Waals surface area contributed by atoms with Crippen LogP contribution in [0.5, 0.6) is 0 Å². The van der Waals surface area contributed by atoms with Gasteiger partial charge in [-0.05, 0) is 31.4 Å². The third kappa shape index (κ3) is 2.13. The van der Waals surface area contributed by atoms with Gasteiger partial charge < -0.3 is 10.8 Å². The lowest BCUT2D eigenvalue weighted by atomic mass is 9.89. The molecule has 0 bridgehead atoms. The van der Waals surface area contributed by atoms with Crippen LogP contribution < -0.4 is 5.73 Å². The van der Waals surface area contributed by atoms with Crippen LogP contribution in [0.2, 0.25) is 0 Å². The van der Waals surface area contributed by atoms with Crippen molar-refractivity contribution in [3.05, 3.63) is 41.3 Å². The molecule has 0 spiro atoms. The normalized spacial score (nSPS) is 18.1. The van der Waals surface area contributed by atoms with E-state index in [4.69, 9.17) is 10.8 Å². The highest BCUT2D eigenvalue weighted by atomic mass is 19.1. The first-order valence-corrected chi connectivity index (χ1v) is 6.93. The Bertz CT molecular complexity index is 624. The summed E-state index contributed by atoms with van der Waals surface area (Å²) in [6.07, 6.45) is 2.77. The van der Waals surface area contributed by atoms with E-state index in [1.165, 1.54) is 6.07 Å². The Hall–Kier alpha value is -1.72. The Morgan fingerprint density at radius 3 is 2.95 bits per heavy atom. The maximum atomic E-state index is 14.0. The Balaban J connectivity index is 2.18. The molecule has 20 heavy (non-hydrogen) atoms. The third-order valence-electron chi connectivity index (χ3n) is 3.84. The Kier molecular flexibility index (Phi) is 3.54. The van der Waals surface area contributed by atoms with Gasteiger partial charge in [-0.2, -0.15) is 5.10 Å². The molecular weight excluding hydrogens is 257 g/mol. The van der Waals surface area contributed by atoms with E-state index in [1.54, 1.807) is 22.9 Å². The van der Waals surface area contributed by atoms with Crippen LogP contribution in [0, 0.1) is 5.82 Å². The summed E-state index contributed by atoms with van der Waals surface area (Å²) in [5.41, 5.74) is 9.29. The molecule has 3 N–H and O–H groups in total. The first-order chi connectivity index (χ1) is 9.72. The smallest absolute Gasteiger partial charge is 0.132 e. The molecule has 106 valence electrons. The number of fused-ring (bicyclic) bond motifs is 1. The van der Waals surface area contributed by atoms with Crippen molar-refractivity contribution in [3.8, 4) is 11.3 Å². The second-order valence-electron chi connectivity index (χ2n) is 5.13. The molecule has 1 aromatic carbocycles.